The van der Waals surface area contributed by atoms with Gasteiger partial charge in [0.05, 0.1) is 4.88 Å². The Morgan fingerprint density at radius 2 is 2.05 bits per heavy atom. The molecular weight excluding hydrogens is 286 g/mol. The number of imidazole rings is 1. The van der Waals surface area contributed by atoms with Crippen molar-refractivity contribution >= 4 is 17.2 Å². The Kier molecular flexibility index (Phi) is 4.02. The number of nitrogens with one attached hydrogen (secondary N) is 1. The number of carbonyl (C=O) groups excluding carboxylic acids is 1. The molecule has 3 aromatic heterocycles. The molecule has 1 N–H and O–H groups in total. The summed E-state index contributed by atoms with van der Waals surface area (Å²) in [5.41, 5.74) is 0. The predicted octanol–water partition coefficient (Wildman–Crippen LogP) is 1.83. The normalized spacial score (nSPS) is 10.5. The number of aromatic nitrogens is 4. The fourth-order valence-electron chi connectivity index (χ4n) is 1.90. The van der Waals surface area contributed by atoms with E-state index in [2.05, 4.69) is 20.3 Å². The first-order chi connectivity index (χ1) is 10.3. The smallest absolute Gasteiger partial charge is 0.261 e. The van der Waals surface area contributed by atoms with Crippen molar-refractivity contribution in [3.63, 3.8) is 0 Å². The van der Waals surface area contributed by atoms with Crippen molar-refractivity contribution in [2.45, 2.75) is 6.54 Å². The highest BCUT2D eigenvalue weighted by Crippen LogP contribution is 2.11. The quantitative estimate of drug-likeness (QED) is 0.780. The first-order valence-electron chi connectivity index (χ1n) is 6.45. The van der Waals surface area contributed by atoms with Crippen LogP contribution in [0.25, 0.3) is 11.6 Å². The molecule has 0 atom stereocenters. The van der Waals surface area contributed by atoms with E-state index >= 15 is 0 Å². The van der Waals surface area contributed by atoms with Gasteiger partial charge in [0.25, 0.3) is 5.91 Å². The van der Waals surface area contributed by atoms with Gasteiger partial charge in [-0.1, -0.05) is 6.07 Å². The molecule has 0 fully saturated rings. The number of nitrogens with zero attached hydrogens (tertiary/aromatic N) is 4. The molecule has 3 aromatic rings. The molecule has 0 aliphatic carbocycles. The monoisotopic (exact) mass is 299 g/mol. The zero-order valence-corrected chi connectivity index (χ0v) is 12.0. The van der Waals surface area contributed by atoms with Crippen molar-refractivity contribution in [1.82, 2.24) is 24.8 Å². The second-order valence-corrected chi connectivity index (χ2v) is 5.20. The zero-order chi connectivity index (χ0) is 14.5. The summed E-state index contributed by atoms with van der Waals surface area (Å²) in [7, 11) is 0. The van der Waals surface area contributed by atoms with E-state index < -0.39 is 0 Å². The summed E-state index contributed by atoms with van der Waals surface area (Å²) in [6.07, 6.45) is 6.91. The first-order valence-corrected chi connectivity index (χ1v) is 7.33. The second-order valence-electron chi connectivity index (χ2n) is 4.25. The van der Waals surface area contributed by atoms with E-state index in [1.807, 2.05) is 22.2 Å². The molecule has 0 aliphatic heterocycles. The maximum absolute atomic E-state index is 11.8. The lowest BCUT2D eigenvalue weighted by atomic mass is 10.4. The Hall–Kier alpha value is -2.54. The van der Waals surface area contributed by atoms with Crippen LogP contribution in [0.5, 0.6) is 0 Å². The molecule has 3 heterocycles. The van der Waals surface area contributed by atoms with Crippen LogP contribution in [0.3, 0.4) is 0 Å². The molecule has 0 aromatic carbocycles. The lowest BCUT2D eigenvalue weighted by Crippen LogP contribution is -2.26. The van der Waals surface area contributed by atoms with Gasteiger partial charge in [0, 0.05) is 37.9 Å². The maximum Gasteiger partial charge on any atom is 0.261 e. The van der Waals surface area contributed by atoms with Gasteiger partial charge in [0.2, 0.25) is 0 Å². The van der Waals surface area contributed by atoms with Crippen LogP contribution in [0.4, 0.5) is 0 Å². The standard InChI is InChI=1S/C14H13N5OS/c20-14(11-3-1-10-21-11)18-7-9-19-8-6-17-13(19)12-15-4-2-5-16-12/h1-6,8,10H,7,9H2,(H,18,20). The highest BCUT2D eigenvalue weighted by atomic mass is 32.1. The summed E-state index contributed by atoms with van der Waals surface area (Å²) < 4.78 is 1.92. The Morgan fingerprint density at radius 1 is 1.19 bits per heavy atom. The fraction of sp³-hybridized carbons (Fsp3) is 0.143. The molecule has 106 valence electrons. The van der Waals surface area contributed by atoms with E-state index in [9.17, 15) is 4.79 Å². The van der Waals surface area contributed by atoms with Crippen molar-refractivity contribution in [2.75, 3.05) is 6.54 Å². The molecule has 0 unspecified atom stereocenters. The van der Waals surface area contributed by atoms with Crippen LogP contribution in [-0.2, 0) is 6.54 Å². The van der Waals surface area contributed by atoms with Crippen LogP contribution >= 0.6 is 11.3 Å². The van der Waals surface area contributed by atoms with Gasteiger partial charge in [-0.2, -0.15) is 0 Å². The van der Waals surface area contributed by atoms with Crippen LogP contribution in [-0.4, -0.2) is 32.0 Å². The molecule has 0 bridgehead atoms. The van der Waals surface area contributed by atoms with Gasteiger partial charge in [-0.3, -0.25) is 4.79 Å². The van der Waals surface area contributed by atoms with Gasteiger partial charge in [0.1, 0.15) is 0 Å². The van der Waals surface area contributed by atoms with Crippen molar-refractivity contribution in [3.05, 3.63) is 53.2 Å². The summed E-state index contributed by atoms with van der Waals surface area (Å²) in [5.74, 6) is 1.22. The first kappa shape index (κ1) is 13.4. The second kappa shape index (κ2) is 6.27. The maximum atomic E-state index is 11.8. The van der Waals surface area contributed by atoms with E-state index in [4.69, 9.17) is 0 Å². The minimum atomic E-state index is -0.0531. The number of amides is 1. The van der Waals surface area contributed by atoms with Crippen LogP contribution in [0.2, 0.25) is 0 Å². The molecule has 6 nitrogen and oxygen atoms in total. The van der Waals surface area contributed by atoms with E-state index in [-0.39, 0.29) is 5.91 Å². The summed E-state index contributed by atoms with van der Waals surface area (Å²) in [6.45, 7) is 1.14. The molecule has 3 rings (SSSR count). The minimum Gasteiger partial charge on any atom is -0.350 e. The van der Waals surface area contributed by atoms with Gasteiger partial charge >= 0.3 is 0 Å². The number of thiophene rings is 1. The average molecular weight is 299 g/mol. The summed E-state index contributed by atoms with van der Waals surface area (Å²) in [5, 5.41) is 4.77. The Balaban J connectivity index is 1.62. The highest BCUT2D eigenvalue weighted by Gasteiger charge is 2.09. The van der Waals surface area contributed by atoms with E-state index in [1.165, 1.54) is 11.3 Å². The van der Waals surface area contributed by atoms with Crippen molar-refractivity contribution < 1.29 is 4.79 Å². The van der Waals surface area contributed by atoms with Gasteiger partial charge in [-0.05, 0) is 17.5 Å². The Morgan fingerprint density at radius 3 is 2.81 bits per heavy atom. The van der Waals surface area contributed by atoms with Crippen molar-refractivity contribution in [3.8, 4) is 11.6 Å². The molecule has 0 aliphatic rings. The third-order valence-corrected chi connectivity index (χ3v) is 3.73. The number of hydrogen-bond donors (Lipinski definition) is 1. The molecule has 0 saturated heterocycles. The molecule has 1 amide bonds. The summed E-state index contributed by atoms with van der Waals surface area (Å²) >= 11 is 1.43. The van der Waals surface area contributed by atoms with Gasteiger partial charge in [0.15, 0.2) is 11.6 Å². The number of hydrogen-bond acceptors (Lipinski definition) is 5. The highest BCUT2D eigenvalue weighted by molar-refractivity contribution is 7.12. The van der Waals surface area contributed by atoms with E-state index in [1.54, 1.807) is 30.7 Å². The van der Waals surface area contributed by atoms with Crippen LogP contribution < -0.4 is 5.32 Å². The van der Waals surface area contributed by atoms with Crippen molar-refractivity contribution in [1.29, 1.82) is 0 Å². The van der Waals surface area contributed by atoms with Gasteiger partial charge < -0.3 is 9.88 Å². The number of rotatable bonds is 5. The van der Waals surface area contributed by atoms with E-state index in [0.29, 0.717) is 29.6 Å². The summed E-state index contributed by atoms with van der Waals surface area (Å²) in [6, 6.07) is 5.43. The zero-order valence-electron chi connectivity index (χ0n) is 11.1. The topological polar surface area (TPSA) is 72.7 Å². The molecule has 0 saturated carbocycles. The number of carbonyl (C=O) groups is 1. The molecule has 7 heteroatoms. The lowest BCUT2D eigenvalue weighted by molar-refractivity contribution is 0.0956. The predicted molar refractivity (Wildman–Crippen MR) is 79.9 cm³/mol. The third-order valence-electron chi connectivity index (χ3n) is 2.86. The Labute approximate surface area is 125 Å². The molecule has 0 spiro atoms. The van der Waals surface area contributed by atoms with Gasteiger partial charge in [-0.25, -0.2) is 15.0 Å². The van der Waals surface area contributed by atoms with Crippen LogP contribution in [0.15, 0.2) is 48.4 Å². The molecule has 0 radical (unpaired) electrons. The van der Waals surface area contributed by atoms with Gasteiger partial charge in [-0.15, -0.1) is 11.3 Å². The average Bonchev–Trinajstić information content (AvgIpc) is 3.20. The SMILES string of the molecule is O=C(NCCn1ccnc1-c1ncccn1)c1cccs1. The van der Waals surface area contributed by atoms with Crippen LogP contribution in [0, 0.1) is 0 Å². The van der Waals surface area contributed by atoms with E-state index in [0.717, 1.165) is 0 Å². The van der Waals surface area contributed by atoms with Crippen LogP contribution in [0.1, 0.15) is 9.67 Å². The summed E-state index contributed by atoms with van der Waals surface area (Å²) in [4.78, 5) is 25.2. The minimum absolute atomic E-state index is 0.0531. The fourth-order valence-corrected chi connectivity index (χ4v) is 2.54. The third kappa shape index (κ3) is 3.14. The Bertz CT molecular complexity index is 708. The molecule has 21 heavy (non-hydrogen) atoms. The lowest BCUT2D eigenvalue weighted by Gasteiger charge is -2.07. The molecular formula is C14H13N5OS. The van der Waals surface area contributed by atoms with Crippen molar-refractivity contribution in [2.24, 2.45) is 0 Å². The largest absolute Gasteiger partial charge is 0.350 e.